The zero-order valence-electron chi connectivity index (χ0n) is 12.9. The van der Waals surface area contributed by atoms with E-state index in [-0.39, 0.29) is 5.91 Å². The van der Waals surface area contributed by atoms with Crippen LogP contribution in [0.3, 0.4) is 0 Å². The third kappa shape index (κ3) is 4.01. The molecule has 6 heteroatoms. The number of rotatable bonds is 5. The average molecular weight is 403 g/mol. The van der Waals surface area contributed by atoms with Crippen LogP contribution in [0.25, 0.3) is 10.8 Å². The molecule has 1 aromatic heterocycles. The van der Waals surface area contributed by atoms with E-state index in [0.717, 1.165) is 19.4 Å². The van der Waals surface area contributed by atoms with Gasteiger partial charge in [0.2, 0.25) is 0 Å². The van der Waals surface area contributed by atoms with E-state index in [1.807, 2.05) is 54.6 Å². The lowest BCUT2D eigenvalue weighted by Gasteiger charge is -2.14. The molecule has 0 aliphatic carbocycles. The molecule has 0 aliphatic rings. The van der Waals surface area contributed by atoms with Crippen LogP contribution in [0.5, 0.6) is 5.75 Å². The van der Waals surface area contributed by atoms with Gasteiger partial charge in [0, 0.05) is 10.3 Å². The van der Waals surface area contributed by atoms with Gasteiger partial charge in [-0.25, -0.2) is 5.43 Å². The van der Waals surface area contributed by atoms with E-state index in [0.29, 0.717) is 5.75 Å². The summed E-state index contributed by atoms with van der Waals surface area (Å²) < 4.78 is 6.82. The van der Waals surface area contributed by atoms with Crippen LogP contribution in [0.4, 0.5) is 0 Å². The maximum Gasteiger partial charge on any atom is 0.280 e. The van der Waals surface area contributed by atoms with E-state index in [1.54, 1.807) is 13.1 Å². The van der Waals surface area contributed by atoms with Gasteiger partial charge in [-0.05, 0) is 46.4 Å². The highest BCUT2D eigenvalue weighted by Gasteiger charge is 2.15. The molecule has 0 unspecified atom stereocenters. The molecule has 0 fully saturated rings. The van der Waals surface area contributed by atoms with Gasteiger partial charge in [-0.3, -0.25) is 4.79 Å². The molecule has 0 spiro atoms. The molecule has 1 heterocycles. The van der Waals surface area contributed by atoms with Gasteiger partial charge in [-0.2, -0.15) is 5.10 Å². The maximum absolute atomic E-state index is 12.1. The van der Waals surface area contributed by atoms with Crippen LogP contribution < -0.4 is 10.2 Å². The van der Waals surface area contributed by atoms with Crippen molar-refractivity contribution in [3.05, 3.63) is 63.3 Å². The van der Waals surface area contributed by atoms with Crippen molar-refractivity contribution in [2.24, 2.45) is 5.10 Å². The SMILES string of the molecule is C[C@H](Oc1cccc2ccccc12)C(=O)N/N=C\c1ccc(Br)s1. The van der Waals surface area contributed by atoms with Crippen molar-refractivity contribution in [3.8, 4) is 5.75 Å². The molecule has 0 aliphatic heterocycles. The molecule has 4 nitrogen and oxygen atoms in total. The van der Waals surface area contributed by atoms with Crippen molar-refractivity contribution in [2.75, 3.05) is 0 Å². The summed E-state index contributed by atoms with van der Waals surface area (Å²) in [6, 6.07) is 17.5. The summed E-state index contributed by atoms with van der Waals surface area (Å²) >= 11 is 4.92. The number of benzene rings is 2. The molecule has 3 rings (SSSR count). The molecular formula is C18H15BrN2O2S. The van der Waals surface area contributed by atoms with Crippen molar-refractivity contribution in [1.29, 1.82) is 0 Å². The van der Waals surface area contributed by atoms with Gasteiger partial charge in [-0.1, -0.05) is 36.4 Å². The number of hydrogen-bond acceptors (Lipinski definition) is 4. The van der Waals surface area contributed by atoms with Gasteiger partial charge < -0.3 is 4.74 Å². The zero-order chi connectivity index (χ0) is 16.9. The van der Waals surface area contributed by atoms with Gasteiger partial charge in [0.05, 0.1) is 10.0 Å². The molecule has 24 heavy (non-hydrogen) atoms. The third-order valence-corrected chi connectivity index (χ3v) is 4.94. The number of nitrogens with zero attached hydrogens (tertiary/aromatic N) is 1. The molecule has 1 amide bonds. The second-order valence-corrected chi connectivity index (χ2v) is 7.61. The topological polar surface area (TPSA) is 50.7 Å². The fourth-order valence-corrected chi connectivity index (χ4v) is 3.49. The van der Waals surface area contributed by atoms with Gasteiger partial charge in [-0.15, -0.1) is 11.3 Å². The van der Waals surface area contributed by atoms with E-state index >= 15 is 0 Å². The molecule has 3 aromatic rings. The normalized spacial score (nSPS) is 12.4. The monoisotopic (exact) mass is 402 g/mol. The highest BCUT2D eigenvalue weighted by molar-refractivity contribution is 9.11. The Morgan fingerprint density at radius 1 is 1.21 bits per heavy atom. The number of amides is 1. The largest absolute Gasteiger partial charge is 0.480 e. The number of carbonyl (C=O) groups excluding carboxylic acids is 1. The number of fused-ring (bicyclic) bond motifs is 1. The van der Waals surface area contributed by atoms with Crippen LogP contribution >= 0.6 is 27.3 Å². The van der Waals surface area contributed by atoms with Gasteiger partial charge in [0.15, 0.2) is 6.10 Å². The average Bonchev–Trinajstić information content (AvgIpc) is 3.00. The third-order valence-electron chi connectivity index (χ3n) is 3.38. The minimum atomic E-state index is -0.650. The number of hydrazone groups is 1. The first-order chi connectivity index (χ1) is 11.6. The van der Waals surface area contributed by atoms with E-state index in [4.69, 9.17) is 4.74 Å². The number of hydrogen-bond donors (Lipinski definition) is 1. The van der Waals surface area contributed by atoms with Crippen molar-refractivity contribution in [1.82, 2.24) is 5.43 Å². The van der Waals surface area contributed by atoms with Crippen LogP contribution in [0, 0.1) is 0 Å². The van der Waals surface area contributed by atoms with Crippen LogP contribution in [-0.2, 0) is 4.79 Å². The Bertz CT molecular complexity index is 886. The fourth-order valence-electron chi connectivity index (χ4n) is 2.19. The van der Waals surface area contributed by atoms with E-state index in [1.165, 1.54) is 11.3 Å². The first-order valence-corrected chi connectivity index (χ1v) is 8.97. The summed E-state index contributed by atoms with van der Waals surface area (Å²) in [5.74, 6) is 0.386. The molecule has 1 atom stereocenters. The molecule has 0 bridgehead atoms. The molecule has 0 saturated heterocycles. The maximum atomic E-state index is 12.1. The smallest absolute Gasteiger partial charge is 0.280 e. The molecule has 0 radical (unpaired) electrons. The highest BCUT2D eigenvalue weighted by atomic mass is 79.9. The summed E-state index contributed by atoms with van der Waals surface area (Å²) in [6.45, 7) is 1.70. The predicted octanol–water partition coefficient (Wildman–Crippen LogP) is 4.58. The van der Waals surface area contributed by atoms with Crippen molar-refractivity contribution < 1.29 is 9.53 Å². The summed E-state index contributed by atoms with van der Waals surface area (Å²) in [5, 5.41) is 6.02. The van der Waals surface area contributed by atoms with E-state index in [9.17, 15) is 4.79 Å². The van der Waals surface area contributed by atoms with Gasteiger partial charge in [0.1, 0.15) is 5.75 Å². The lowest BCUT2D eigenvalue weighted by atomic mass is 10.1. The Morgan fingerprint density at radius 2 is 2.00 bits per heavy atom. The summed E-state index contributed by atoms with van der Waals surface area (Å²) in [6.07, 6.45) is 0.959. The Balaban J connectivity index is 1.64. The van der Waals surface area contributed by atoms with Crippen LogP contribution in [-0.4, -0.2) is 18.2 Å². The molecule has 2 aromatic carbocycles. The number of carbonyl (C=O) groups is 1. The van der Waals surface area contributed by atoms with Crippen molar-refractivity contribution in [3.63, 3.8) is 0 Å². The summed E-state index contributed by atoms with van der Waals surface area (Å²) in [5.41, 5.74) is 2.51. The second kappa shape index (κ2) is 7.59. The molecule has 122 valence electrons. The second-order valence-electron chi connectivity index (χ2n) is 5.11. The Morgan fingerprint density at radius 3 is 2.79 bits per heavy atom. The standard InChI is InChI=1S/C18H15BrN2O2S/c1-12(18(22)21-20-11-14-9-10-17(19)24-14)23-16-8-4-6-13-5-2-3-7-15(13)16/h2-12H,1H3,(H,21,22)/b20-11-/t12-/m0/s1. The Kier molecular flexibility index (Phi) is 5.27. The van der Waals surface area contributed by atoms with Crippen LogP contribution in [0.2, 0.25) is 0 Å². The number of thiophene rings is 1. The van der Waals surface area contributed by atoms with Crippen molar-refractivity contribution in [2.45, 2.75) is 13.0 Å². The lowest BCUT2D eigenvalue weighted by molar-refractivity contribution is -0.127. The van der Waals surface area contributed by atoms with Gasteiger partial charge in [0.25, 0.3) is 5.91 Å². The van der Waals surface area contributed by atoms with Crippen molar-refractivity contribution >= 4 is 50.2 Å². The molecule has 0 saturated carbocycles. The number of nitrogens with one attached hydrogen (secondary N) is 1. The molecular weight excluding hydrogens is 388 g/mol. The number of halogens is 1. The number of ether oxygens (including phenoxy) is 1. The van der Waals surface area contributed by atoms with Gasteiger partial charge >= 0.3 is 0 Å². The zero-order valence-corrected chi connectivity index (χ0v) is 15.3. The van der Waals surface area contributed by atoms with Crippen LogP contribution in [0.1, 0.15) is 11.8 Å². The minimum absolute atomic E-state index is 0.296. The minimum Gasteiger partial charge on any atom is -0.480 e. The van der Waals surface area contributed by atoms with Crippen LogP contribution in [0.15, 0.2) is 63.5 Å². The Labute approximate surface area is 152 Å². The quantitative estimate of drug-likeness (QED) is 0.501. The Hall–Kier alpha value is -2.18. The lowest BCUT2D eigenvalue weighted by Crippen LogP contribution is -2.33. The fraction of sp³-hybridized carbons (Fsp3) is 0.111. The first kappa shape index (κ1) is 16.7. The first-order valence-electron chi connectivity index (χ1n) is 7.36. The predicted molar refractivity (Wildman–Crippen MR) is 102 cm³/mol. The van der Waals surface area contributed by atoms with E-state index < -0.39 is 6.10 Å². The van der Waals surface area contributed by atoms with E-state index in [2.05, 4.69) is 26.5 Å². The highest BCUT2D eigenvalue weighted by Crippen LogP contribution is 2.26. The summed E-state index contributed by atoms with van der Waals surface area (Å²) in [4.78, 5) is 13.1. The molecule has 1 N–H and O–H groups in total. The summed E-state index contributed by atoms with van der Waals surface area (Å²) in [7, 11) is 0.